The SMILES string of the molecule is CCOc1cc([C@H](N)CC(=O)OC)cc(Br)c1O.Cl. The van der Waals surface area contributed by atoms with Gasteiger partial charge in [0, 0.05) is 6.04 Å². The zero-order valence-corrected chi connectivity index (χ0v) is 13.1. The Morgan fingerprint density at radius 2 is 2.16 bits per heavy atom. The lowest BCUT2D eigenvalue weighted by molar-refractivity contribution is -0.141. The molecule has 1 aromatic rings. The second-order valence-electron chi connectivity index (χ2n) is 3.67. The van der Waals surface area contributed by atoms with Crippen LogP contribution in [0.3, 0.4) is 0 Å². The second-order valence-corrected chi connectivity index (χ2v) is 4.52. The third kappa shape index (κ3) is 4.89. The summed E-state index contributed by atoms with van der Waals surface area (Å²) < 4.78 is 10.3. The molecule has 0 radical (unpaired) electrons. The normalized spacial score (nSPS) is 11.4. The van der Waals surface area contributed by atoms with Crippen molar-refractivity contribution in [2.75, 3.05) is 13.7 Å². The van der Waals surface area contributed by atoms with E-state index in [1.807, 2.05) is 6.92 Å². The summed E-state index contributed by atoms with van der Waals surface area (Å²) in [6, 6.07) is 2.77. The number of nitrogens with two attached hydrogens (primary N) is 1. The minimum Gasteiger partial charge on any atom is -0.503 e. The molecule has 19 heavy (non-hydrogen) atoms. The highest BCUT2D eigenvalue weighted by Crippen LogP contribution is 2.37. The van der Waals surface area contributed by atoms with Crippen LogP contribution in [0.2, 0.25) is 0 Å². The van der Waals surface area contributed by atoms with Crippen molar-refractivity contribution >= 4 is 34.3 Å². The Labute approximate surface area is 126 Å². The van der Waals surface area contributed by atoms with Crippen molar-refractivity contribution in [3.05, 3.63) is 22.2 Å². The first-order valence-corrected chi connectivity index (χ1v) is 6.26. The van der Waals surface area contributed by atoms with Gasteiger partial charge in [0.2, 0.25) is 0 Å². The third-order valence-electron chi connectivity index (χ3n) is 2.39. The van der Waals surface area contributed by atoms with Crippen molar-refractivity contribution < 1.29 is 19.4 Å². The smallest absolute Gasteiger partial charge is 0.307 e. The van der Waals surface area contributed by atoms with Gasteiger partial charge in [-0.3, -0.25) is 4.79 Å². The van der Waals surface area contributed by atoms with Crippen molar-refractivity contribution in [2.45, 2.75) is 19.4 Å². The van der Waals surface area contributed by atoms with E-state index in [1.165, 1.54) is 7.11 Å². The molecular weight excluding hydrogens is 337 g/mol. The lowest BCUT2D eigenvalue weighted by Crippen LogP contribution is -2.16. The summed E-state index contributed by atoms with van der Waals surface area (Å²) in [6.07, 6.45) is 0.0687. The largest absolute Gasteiger partial charge is 0.503 e. The monoisotopic (exact) mass is 353 g/mol. The number of aromatic hydroxyl groups is 1. The molecule has 5 nitrogen and oxygen atoms in total. The summed E-state index contributed by atoms with van der Waals surface area (Å²) >= 11 is 3.22. The van der Waals surface area contributed by atoms with Crippen molar-refractivity contribution in [3.8, 4) is 11.5 Å². The Balaban J connectivity index is 0.00000324. The Kier molecular flexibility index (Phi) is 7.82. The van der Waals surface area contributed by atoms with E-state index < -0.39 is 6.04 Å². The highest BCUT2D eigenvalue weighted by atomic mass is 79.9. The van der Waals surface area contributed by atoms with Gasteiger partial charge in [-0.2, -0.15) is 0 Å². The lowest BCUT2D eigenvalue weighted by atomic mass is 10.0. The third-order valence-corrected chi connectivity index (χ3v) is 3.00. The van der Waals surface area contributed by atoms with E-state index >= 15 is 0 Å². The fourth-order valence-corrected chi connectivity index (χ4v) is 1.91. The second kappa shape index (κ2) is 8.24. The number of benzene rings is 1. The number of rotatable bonds is 5. The van der Waals surface area contributed by atoms with Crippen LogP contribution in [0.15, 0.2) is 16.6 Å². The molecule has 0 fully saturated rings. The van der Waals surface area contributed by atoms with Gasteiger partial charge in [-0.25, -0.2) is 0 Å². The molecule has 7 heteroatoms. The van der Waals surface area contributed by atoms with Gasteiger partial charge in [0.1, 0.15) is 0 Å². The number of methoxy groups -OCH3 is 1. The van der Waals surface area contributed by atoms with Crippen LogP contribution in [0.5, 0.6) is 11.5 Å². The molecule has 0 saturated heterocycles. The maximum atomic E-state index is 11.2. The van der Waals surface area contributed by atoms with Crippen LogP contribution < -0.4 is 10.5 Å². The van der Waals surface area contributed by atoms with Crippen LogP contribution in [0, 0.1) is 0 Å². The van der Waals surface area contributed by atoms with E-state index in [9.17, 15) is 9.90 Å². The first kappa shape index (κ1) is 18.0. The van der Waals surface area contributed by atoms with Crippen LogP contribution in [0.25, 0.3) is 0 Å². The first-order valence-electron chi connectivity index (χ1n) is 5.47. The molecule has 0 heterocycles. The van der Waals surface area contributed by atoms with Gasteiger partial charge >= 0.3 is 5.97 Å². The number of halogens is 2. The predicted molar refractivity (Wildman–Crippen MR) is 77.8 cm³/mol. The van der Waals surface area contributed by atoms with Crippen LogP contribution in [0.4, 0.5) is 0 Å². The van der Waals surface area contributed by atoms with Gasteiger partial charge in [-0.05, 0) is 40.5 Å². The molecule has 0 bridgehead atoms. The molecule has 0 aliphatic heterocycles. The number of carbonyl (C=O) groups is 1. The fraction of sp³-hybridized carbons (Fsp3) is 0.417. The van der Waals surface area contributed by atoms with E-state index in [2.05, 4.69) is 20.7 Å². The Morgan fingerprint density at radius 1 is 1.53 bits per heavy atom. The fourth-order valence-electron chi connectivity index (χ4n) is 1.45. The van der Waals surface area contributed by atoms with Gasteiger partial charge in [-0.1, -0.05) is 0 Å². The van der Waals surface area contributed by atoms with Gasteiger partial charge in [-0.15, -0.1) is 12.4 Å². The standard InChI is InChI=1S/C12H16BrNO4.ClH/c1-3-18-10-5-7(4-8(13)12(10)16)9(14)6-11(15)17-2;/h4-5,9,16H,3,6,14H2,1-2H3;1H/t9-;/m1./s1. The quantitative estimate of drug-likeness (QED) is 0.794. The van der Waals surface area contributed by atoms with Gasteiger partial charge in [0.15, 0.2) is 11.5 Å². The average molecular weight is 355 g/mol. The highest BCUT2D eigenvalue weighted by Gasteiger charge is 2.16. The number of phenols is 1. The molecule has 0 unspecified atom stereocenters. The summed E-state index contributed by atoms with van der Waals surface area (Å²) in [4.78, 5) is 11.2. The summed E-state index contributed by atoms with van der Waals surface area (Å²) in [5, 5.41) is 9.76. The maximum Gasteiger partial charge on any atom is 0.307 e. The van der Waals surface area contributed by atoms with Crippen LogP contribution >= 0.6 is 28.3 Å². The number of hydrogen-bond donors (Lipinski definition) is 2. The van der Waals surface area contributed by atoms with Gasteiger partial charge in [0.05, 0.1) is 24.6 Å². The Bertz CT molecular complexity index is 442. The van der Waals surface area contributed by atoms with Crippen molar-refractivity contribution in [2.24, 2.45) is 5.73 Å². The zero-order valence-electron chi connectivity index (χ0n) is 10.7. The minimum absolute atomic E-state index is 0. The molecule has 0 aromatic heterocycles. The van der Waals surface area contributed by atoms with Gasteiger partial charge < -0.3 is 20.3 Å². The van der Waals surface area contributed by atoms with Gasteiger partial charge in [0.25, 0.3) is 0 Å². The number of esters is 1. The maximum absolute atomic E-state index is 11.2. The molecule has 0 aliphatic rings. The summed E-state index contributed by atoms with van der Waals surface area (Å²) in [7, 11) is 1.31. The van der Waals surface area contributed by atoms with Crippen LogP contribution in [0.1, 0.15) is 24.9 Å². The zero-order chi connectivity index (χ0) is 13.7. The molecular formula is C12H17BrClNO4. The predicted octanol–water partition coefficient (Wildman–Crippen LogP) is 2.54. The van der Waals surface area contributed by atoms with Crippen molar-refractivity contribution in [1.29, 1.82) is 0 Å². The number of hydrogen-bond acceptors (Lipinski definition) is 5. The van der Waals surface area contributed by atoms with E-state index in [4.69, 9.17) is 10.5 Å². The number of carbonyl (C=O) groups excluding carboxylic acids is 1. The van der Waals surface area contributed by atoms with Crippen LogP contribution in [-0.2, 0) is 9.53 Å². The Hall–Kier alpha value is -0.980. The molecule has 0 spiro atoms. The van der Waals surface area contributed by atoms with E-state index in [0.717, 1.165) is 0 Å². The highest BCUT2D eigenvalue weighted by molar-refractivity contribution is 9.10. The van der Waals surface area contributed by atoms with Crippen molar-refractivity contribution in [1.82, 2.24) is 0 Å². The molecule has 1 aromatic carbocycles. The van der Waals surface area contributed by atoms with E-state index in [0.29, 0.717) is 22.4 Å². The summed E-state index contributed by atoms with van der Waals surface area (Å²) in [5.41, 5.74) is 6.59. The Morgan fingerprint density at radius 3 is 2.68 bits per heavy atom. The van der Waals surface area contributed by atoms with E-state index in [-0.39, 0.29) is 30.5 Å². The average Bonchev–Trinajstić information content (AvgIpc) is 2.34. The molecule has 1 atom stereocenters. The van der Waals surface area contributed by atoms with E-state index in [1.54, 1.807) is 12.1 Å². The number of ether oxygens (including phenoxy) is 2. The topological polar surface area (TPSA) is 81.8 Å². The first-order chi connectivity index (χ1) is 8.49. The molecule has 0 saturated carbocycles. The van der Waals surface area contributed by atoms with Crippen molar-refractivity contribution in [3.63, 3.8) is 0 Å². The number of phenolic OH excluding ortho intramolecular Hbond substituents is 1. The minimum atomic E-state index is -0.506. The van der Waals surface area contributed by atoms with Crippen LogP contribution in [-0.4, -0.2) is 24.8 Å². The molecule has 0 amide bonds. The lowest BCUT2D eigenvalue weighted by Gasteiger charge is -2.14. The molecule has 3 N–H and O–H groups in total. The molecule has 0 aliphatic carbocycles. The molecule has 1 rings (SSSR count). The molecule has 108 valence electrons. The summed E-state index contributed by atoms with van der Waals surface area (Å²) in [6.45, 7) is 2.24. The summed E-state index contributed by atoms with van der Waals surface area (Å²) in [5.74, 6) is -0.0299.